The summed E-state index contributed by atoms with van der Waals surface area (Å²) in [4.78, 5) is 27.1. The Kier molecular flexibility index (Phi) is 3.37. The lowest BCUT2D eigenvalue weighted by Gasteiger charge is -2.37. The van der Waals surface area contributed by atoms with Crippen LogP contribution in [0.15, 0.2) is 30.3 Å². The first-order valence-electron chi connectivity index (χ1n) is 8.02. The average Bonchev–Trinajstić information content (AvgIpc) is 3.18. The predicted octanol–water partition coefficient (Wildman–Crippen LogP) is 1.25. The molecule has 4 rings (SSSR count). The summed E-state index contributed by atoms with van der Waals surface area (Å²) in [6.45, 7) is 1.09. The highest BCUT2D eigenvalue weighted by Crippen LogP contribution is 2.40. The van der Waals surface area contributed by atoms with Gasteiger partial charge in [0, 0.05) is 13.1 Å². The first-order valence-corrected chi connectivity index (χ1v) is 8.02. The van der Waals surface area contributed by atoms with Gasteiger partial charge in [0.2, 0.25) is 11.8 Å². The van der Waals surface area contributed by atoms with Crippen molar-refractivity contribution in [3.63, 3.8) is 0 Å². The summed E-state index contributed by atoms with van der Waals surface area (Å²) in [7, 11) is 0. The normalized spacial score (nSPS) is 33.8. The smallest absolute Gasteiger partial charge is 0.247 e. The van der Waals surface area contributed by atoms with E-state index < -0.39 is 6.04 Å². The minimum atomic E-state index is -0.512. The highest BCUT2D eigenvalue weighted by molar-refractivity contribution is 5.91. The molecule has 0 saturated carbocycles. The van der Waals surface area contributed by atoms with Crippen LogP contribution in [0.5, 0.6) is 0 Å². The van der Waals surface area contributed by atoms with Gasteiger partial charge in [-0.2, -0.15) is 0 Å². The van der Waals surface area contributed by atoms with E-state index in [-0.39, 0.29) is 29.9 Å². The Hall–Kier alpha value is -1.88. The lowest BCUT2D eigenvalue weighted by atomic mass is 9.87. The zero-order valence-electron chi connectivity index (χ0n) is 12.4. The minimum Gasteiger partial charge on any atom is -0.374 e. The topological polar surface area (TPSA) is 58.6 Å². The first kappa shape index (κ1) is 13.8. The number of rotatable bonds is 2. The van der Waals surface area contributed by atoms with E-state index in [1.54, 1.807) is 4.90 Å². The van der Waals surface area contributed by atoms with Crippen LogP contribution in [-0.4, -0.2) is 42.0 Å². The first-order chi connectivity index (χ1) is 10.7. The molecule has 0 spiro atoms. The predicted molar refractivity (Wildman–Crippen MR) is 79.9 cm³/mol. The molecule has 22 heavy (non-hydrogen) atoms. The summed E-state index contributed by atoms with van der Waals surface area (Å²) in [6.07, 6.45) is 3.14. The van der Waals surface area contributed by atoms with Gasteiger partial charge in [-0.05, 0) is 24.8 Å². The number of amides is 2. The van der Waals surface area contributed by atoms with Crippen LogP contribution < -0.4 is 5.32 Å². The van der Waals surface area contributed by atoms with Crippen molar-refractivity contribution in [1.82, 2.24) is 10.2 Å². The summed E-state index contributed by atoms with van der Waals surface area (Å²) in [5.74, 6) is -0.0818. The third-order valence-electron chi connectivity index (χ3n) is 5.03. The van der Waals surface area contributed by atoms with Crippen molar-refractivity contribution in [2.45, 2.75) is 37.5 Å². The fourth-order valence-electron chi connectivity index (χ4n) is 3.98. The number of nitrogens with zero attached hydrogens (tertiary/aromatic N) is 1. The molecule has 1 aromatic rings. The third-order valence-corrected chi connectivity index (χ3v) is 5.03. The average molecular weight is 300 g/mol. The van der Waals surface area contributed by atoms with Crippen molar-refractivity contribution in [1.29, 1.82) is 0 Å². The molecule has 3 fully saturated rings. The van der Waals surface area contributed by atoms with E-state index in [0.717, 1.165) is 24.8 Å². The third kappa shape index (κ3) is 2.20. The van der Waals surface area contributed by atoms with E-state index >= 15 is 0 Å². The van der Waals surface area contributed by atoms with Gasteiger partial charge in [-0.15, -0.1) is 0 Å². The number of carbonyl (C=O) groups excluding carboxylic acids is 2. The van der Waals surface area contributed by atoms with E-state index in [1.807, 2.05) is 30.3 Å². The fourth-order valence-corrected chi connectivity index (χ4v) is 3.98. The van der Waals surface area contributed by atoms with Crippen molar-refractivity contribution >= 4 is 11.8 Å². The Morgan fingerprint density at radius 1 is 1.23 bits per heavy atom. The molecule has 3 saturated heterocycles. The highest BCUT2D eigenvalue weighted by atomic mass is 16.5. The zero-order chi connectivity index (χ0) is 15.1. The van der Waals surface area contributed by atoms with Crippen LogP contribution in [0.25, 0.3) is 0 Å². The number of benzene rings is 1. The summed E-state index contributed by atoms with van der Waals surface area (Å²) in [6, 6.07) is 9.03. The highest BCUT2D eigenvalue weighted by Gasteiger charge is 2.47. The molecule has 116 valence electrons. The molecule has 2 bridgehead atoms. The SMILES string of the molecule is O=C1NCCN(C(=O)C2CC3CCC2O3)C1c1ccccc1. The van der Waals surface area contributed by atoms with Gasteiger partial charge in [0.25, 0.3) is 0 Å². The lowest BCUT2D eigenvalue weighted by Crippen LogP contribution is -2.54. The van der Waals surface area contributed by atoms with Gasteiger partial charge >= 0.3 is 0 Å². The second-order valence-electron chi connectivity index (χ2n) is 6.35. The lowest BCUT2D eigenvalue weighted by molar-refractivity contribution is -0.147. The Labute approximate surface area is 129 Å². The molecular weight excluding hydrogens is 280 g/mol. The van der Waals surface area contributed by atoms with Crippen LogP contribution in [0.1, 0.15) is 30.9 Å². The van der Waals surface area contributed by atoms with Crippen molar-refractivity contribution in [3.05, 3.63) is 35.9 Å². The summed E-state index contributed by atoms with van der Waals surface area (Å²) < 4.78 is 5.82. The van der Waals surface area contributed by atoms with Crippen LogP contribution in [0.3, 0.4) is 0 Å². The maximum absolute atomic E-state index is 13.0. The van der Waals surface area contributed by atoms with Gasteiger partial charge < -0.3 is 15.0 Å². The summed E-state index contributed by atoms with van der Waals surface area (Å²) >= 11 is 0. The van der Waals surface area contributed by atoms with Gasteiger partial charge in [-0.1, -0.05) is 30.3 Å². The van der Waals surface area contributed by atoms with E-state index in [1.165, 1.54) is 0 Å². The second kappa shape index (κ2) is 5.39. The molecular formula is C17H20N2O3. The second-order valence-corrected chi connectivity index (χ2v) is 6.35. The number of ether oxygens (including phenoxy) is 1. The van der Waals surface area contributed by atoms with E-state index in [0.29, 0.717) is 13.1 Å². The van der Waals surface area contributed by atoms with Crippen LogP contribution in [0.2, 0.25) is 0 Å². The van der Waals surface area contributed by atoms with Crippen molar-refractivity contribution in [2.24, 2.45) is 5.92 Å². The molecule has 3 heterocycles. The van der Waals surface area contributed by atoms with Crippen LogP contribution >= 0.6 is 0 Å². The maximum atomic E-state index is 13.0. The molecule has 3 aliphatic heterocycles. The molecule has 3 aliphatic rings. The van der Waals surface area contributed by atoms with Crippen LogP contribution in [0, 0.1) is 5.92 Å². The molecule has 4 atom stereocenters. The Bertz CT molecular complexity index is 589. The van der Waals surface area contributed by atoms with Gasteiger partial charge in [0.15, 0.2) is 0 Å². The number of nitrogens with one attached hydrogen (secondary N) is 1. The molecule has 0 aromatic heterocycles. The number of piperazine rings is 1. The molecule has 0 radical (unpaired) electrons. The Morgan fingerprint density at radius 3 is 2.73 bits per heavy atom. The van der Waals surface area contributed by atoms with Crippen LogP contribution in [0.4, 0.5) is 0 Å². The zero-order valence-corrected chi connectivity index (χ0v) is 12.4. The quantitative estimate of drug-likeness (QED) is 0.894. The van der Waals surface area contributed by atoms with E-state index in [4.69, 9.17) is 4.74 Å². The fraction of sp³-hybridized carbons (Fsp3) is 0.529. The number of fused-ring (bicyclic) bond motifs is 2. The monoisotopic (exact) mass is 300 g/mol. The largest absolute Gasteiger partial charge is 0.374 e. The van der Waals surface area contributed by atoms with Gasteiger partial charge in [0.05, 0.1) is 18.1 Å². The maximum Gasteiger partial charge on any atom is 0.247 e. The molecule has 5 heteroatoms. The van der Waals surface area contributed by atoms with Gasteiger partial charge in [-0.25, -0.2) is 0 Å². The van der Waals surface area contributed by atoms with Crippen LogP contribution in [-0.2, 0) is 14.3 Å². The van der Waals surface area contributed by atoms with Gasteiger partial charge in [-0.3, -0.25) is 9.59 Å². The standard InChI is InChI=1S/C17H20N2O3/c20-16-15(11-4-2-1-3-5-11)19(9-8-18-16)17(21)13-10-12-6-7-14(13)22-12/h1-5,12-15H,6-10H2,(H,18,20). The molecule has 2 amide bonds. The molecule has 4 unspecified atom stereocenters. The van der Waals surface area contributed by atoms with Crippen molar-refractivity contribution < 1.29 is 14.3 Å². The number of hydrogen-bond donors (Lipinski definition) is 1. The summed E-state index contributed by atoms with van der Waals surface area (Å²) in [5.41, 5.74) is 0.872. The summed E-state index contributed by atoms with van der Waals surface area (Å²) in [5, 5.41) is 2.88. The van der Waals surface area contributed by atoms with Gasteiger partial charge in [0.1, 0.15) is 6.04 Å². The number of carbonyl (C=O) groups is 2. The molecule has 1 aromatic carbocycles. The van der Waals surface area contributed by atoms with Crippen molar-refractivity contribution in [2.75, 3.05) is 13.1 Å². The van der Waals surface area contributed by atoms with E-state index in [9.17, 15) is 9.59 Å². The Balaban J connectivity index is 1.60. The molecule has 0 aliphatic carbocycles. The molecule has 5 nitrogen and oxygen atoms in total. The number of hydrogen-bond acceptors (Lipinski definition) is 3. The van der Waals surface area contributed by atoms with Crippen molar-refractivity contribution in [3.8, 4) is 0 Å². The Morgan fingerprint density at radius 2 is 2.05 bits per heavy atom. The van der Waals surface area contributed by atoms with E-state index in [2.05, 4.69) is 5.32 Å². The molecule has 1 N–H and O–H groups in total. The minimum absolute atomic E-state index is 0.0545.